The molecule has 6 nitrogen and oxygen atoms in total. The second-order valence-electron chi connectivity index (χ2n) is 4.89. The van der Waals surface area contributed by atoms with Gasteiger partial charge < -0.3 is 14.8 Å². The number of amides is 2. The predicted octanol–water partition coefficient (Wildman–Crippen LogP) is 4.40. The Morgan fingerprint density at radius 3 is 2.56 bits per heavy atom. The molecule has 0 fully saturated rings. The second kappa shape index (κ2) is 9.68. The van der Waals surface area contributed by atoms with E-state index in [0.29, 0.717) is 30.4 Å². The first-order chi connectivity index (χ1) is 12.1. The Morgan fingerprint density at radius 1 is 1.16 bits per heavy atom. The number of anilines is 1. The molecule has 0 saturated carbocycles. The molecule has 132 valence electrons. The lowest BCUT2D eigenvalue weighted by Gasteiger charge is -2.13. The number of rotatable bonds is 7. The van der Waals surface area contributed by atoms with E-state index < -0.39 is 6.03 Å². The molecule has 2 amide bonds. The van der Waals surface area contributed by atoms with Gasteiger partial charge in [0, 0.05) is 5.69 Å². The normalized spacial score (nSPS) is 10.5. The summed E-state index contributed by atoms with van der Waals surface area (Å²) in [6.45, 7) is 4.87. The van der Waals surface area contributed by atoms with Crippen molar-refractivity contribution in [3.8, 4) is 11.5 Å². The monoisotopic (exact) mass is 405 g/mol. The van der Waals surface area contributed by atoms with Gasteiger partial charge in [-0.3, -0.25) is 0 Å². The van der Waals surface area contributed by atoms with Crippen molar-refractivity contribution in [2.75, 3.05) is 18.5 Å². The van der Waals surface area contributed by atoms with Gasteiger partial charge in [0.1, 0.15) is 0 Å². The van der Waals surface area contributed by atoms with Gasteiger partial charge in [-0.15, -0.1) is 0 Å². The van der Waals surface area contributed by atoms with Crippen LogP contribution in [0.15, 0.2) is 52.0 Å². The highest BCUT2D eigenvalue weighted by Crippen LogP contribution is 2.36. The minimum atomic E-state index is -0.419. The molecule has 2 N–H and O–H groups in total. The van der Waals surface area contributed by atoms with Crippen LogP contribution in [0.25, 0.3) is 0 Å². The van der Waals surface area contributed by atoms with E-state index >= 15 is 0 Å². The minimum absolute atomic E-state index is 0.419. The fourth-order valence-corrected chi connectivity index (χ4v) is 2.63. The molecule has 2 aromatic carbocycles. The molecule has 0 heterocycles. The molecule has 0 atom stereocenters. The van der Waals surface area contributed by atoms with E-state index in [1.54, 1.807) is 18.2 Å². The third kappa shape index (κ3) is 5.79. The summed E-state index contributed by atoms with van der Waals surface area (Å²) in [5.41, 5.74) is 3.88. The molecule has 0 aliphatic rings. The van der Waals surface area contributed by atoms with Crippen molar-refractivity contribution < 1.29 is 14.3 Å². The van der Waals surface area contributed by atoms with Crippen LogP contribution in [0.5, 0.6) is 11.5 Å². The zero-order chi connectivity index (χ0) is 18.1. The molecule has 0 unspecified atom stereocenters. The summed E-state index contributed by atoms with van der Waals surface area (Å²) in [5, 5.41) is 6.63. The highest BCUT2D eigenvalue weighted by atomic mass is 79.9. The summed E-state index contributed by atoms with van der Waals surface area (Å²) in [5.74, 6) is 1.27. The Kier molecular flexibility index (Phi) is 7.28. The molecule has 0 aliphatic heterocycles. The number of hydrogen-bond donors (Lipinski definition) is 2. The van der Waals surface area contributed by atoms with Gasteiger partial charge in [-0.1, -0.05) is 18.2 Å². The molecule has 0 spiro atoms. The average Bonchev–Trinajstić information content (AvgIpc) is 2.59. The number of carbonyl (C=O) groups excluding carboxylic acids is 1. The van der Waals surface area contributed by atoms with Crippen molar-refractivity contribution in [2.45, 2.75) is 13.8 Å². The van der Waals surface area contributed by atoms with Crippen LogP contribution < -0.4 is 20.2 Å². The molecule has 0 radical (unpaired) electrons. The van der Waals surface area contributed by atoms with Gasteiger partial charge in [-0.25, -0.2) is 10.2 Å². The summed E-state index contributed by atoms with van der Waals surface area (Å²) in [6, 6.07) is 12.4. The fourth-order valence-electron chi connectivity index (χ4n) is 2.06. The van der Waals surface area contributed by atoms with Crippen LogP contribution in [0.3, 0.4) is 0 Å². The fraction of sp³-hybridized carbons (Fsp3) is 0.222. The Morgan fingerprint density at radius 2 is 1.88 bits per heavy atom. The smallest absolute Gasteiger partial charge is 0.339 e. The van der Waals surface area contributed by atoms with E-state index in [9.17, 15) is 4.79 Å². The predicted molar refractivity (Wildman–Crippen MR) is 103 cm³/mol. The number of para-hydroxylation sites is 1. The highest BCUT2D eigenvalue weighted by molar-refractivity contribution is 9.10. The van der Waals surface area contributed by atoms with Crippen molar-refractivity contribution in [1.29, 1.82) is 0 Å². The van der Waals surface area contributed by atoms with Gasteiger partial charge in [0.05, 0.1) is 23.9 Å². The van der Waals surface area contributed by atoms with Crippen molar-refractivity contribution >= 4 is 33.9 Å². The van der Waals surface area contributed by atoms with E-state index in [2.05, 4.69) is 31.8 Å². The summed E-state index contributed by atoms with van der Waals surface area (Å²) in [7, 11) is 0. The van der Waals surface area contributed by atoms with Crippen molar-refractivity contribution in [3.05, 3.63) is 52.5 Å². The maximum Gasteiger partial charge on any atom is 0.339 e. The first-order valence-corrected chi connectivity index (χ1v) is 8.67. The van der Waals surface area contributed by atoms with Crippen molar-refractivity contribution in [2.24, 2.45) is 5.10 Å². The van der Waals surface area contributed by atoms with Crippen LogP contribution in [0, 0.1) is 0 Å². The van der Waals surface area contributed by atoms with E-state index in [1.807, 2.05) is 38.1 Å². The van der Waals surface area contributed by atoms with Gasteiger partial charge in [0.2, 0.25) is 0 Å². The lowest BCUT2D eigenvalue weighted by atomic mass is 10.2. The molecule has 25 heavy (non-hydrogen) atoms. The Bertz CT molecular complexity index is 736. The summed E-state index contributed by atoms with van der Waals surface area (Å²) in [4.78, 5) is 11.8. The zero-order valence-corrected chi connectivity index (χ0v) is 15.7. The number of halogens is 1. The third-order valence-corrected chi connectivity index (χ3v) is 3.62. The Balaban J connectivity index is 2.03. The number of hydrazone groups is 1. The lowest BCUT2D eigenvalue weighted by Crippen LogP contribution is -2.24. The molecular weight excluding hydrogens is 386 g/mol. The number of urea groups is 1. The third-order valence-electron chi connectivity index (χ3n) is 3.03. The molecule has 0 bridgehead atoms. The van der Waals surface area contributed by atoms with Crippen LogP contribution in [-0.2, 0) is 0 Å². The van der Waals surface area contributed by atoms with E-state index in [-0.39, 0.29) is 0 Å². The largest absolute Gasteiger partial charge is 0.490 e. The van der Waals surface area contributed by atoms with Gasteiger partial charge in [0.15, 0.2) is 11.5 Å². The maximum atomic E-state index is 11.8. The molecule has 0 saturated heterocycles. The van der Waals surface area contributed by atoms with Crippen LogP contribution in [0.2, 0.25) is 0 Å². The van der Waals surface area contributed by atoms with E-state index in [1.165, 1.54) is 6.21 Å². The Hall–Kier alpha value is -2.54. The minimum Gasteiger partial charge on any atom is -0.490 e. The van der Waals surface area contributed by atoms with Crippen LogP contribution in [0.1, 0.15) is 19.4 Å². The summed E-state index contributed by atoms with van der Waals surface area (Å²) >= 11 is 3.47. The lowest BCUT2D eigenvalue weighted by molar-refractivity contribution is 0.252. The summed E-state index contributed by atoms with van der Waals surface area (Å²) in [6.07, 6.45) is 1.54. The number of carbonyl (C=O) groups is 1. The van der Waals surface area contributed by atoms with Crippen molar-refractivity contribution in [1.82, 2.24) is 5.43 Å². The number of nitrogens with one attached hydrogen (secondary N) is 2. The molecule has 7 heteroatoms. The summed E-state index contributed by atoms with van der Waals surface area (Å²) < 4.78 is 11.9. The number of nitrogens with zero attached hydrogens (tertiary/aromatic N) is 1. The SMILES string of the molecule is CCOc1cc(/C=N/NC(=O)Nc2ccccc2)cc(Br)c1OCC. The van der Waals surface area contributed by atoms with Gasteiger partial charge >= 0.3 is 6.03 Å². The first-order valence-electron chi connectivity index (χ1n) is 7.88. The molecule has 0 aromatic heterocycles. The standard InChI is InChI=1S/C18H20BrN3O3/c1-3-24-16-11-13(10-15(19)17(16)25-4-2)12-20-22-18(23)21-14-8-6-5-7-9-14/h5-12H,3-4H2,1-2H3,(H2,21,22,23)/b20-12+. The number of hydrogen-bond acceptors (Lipinski definition) is 4. The molecule has 2 rings (SSSR count). The Labute approximate surface area is 155 Å². The quantitative estimate of drug-likeness (QED) is 0.529. The van der Waals surface area contributed by atoms with Crippen LogP contribution in [0.4, 0.5) is 10.5 Å². The number of benzene rings is 2. The first kappa shape index (κ1) is 18.8. The molecular formula is C18H20BrN3O3. The molecule has 2 aromatic rings. The van der Waals surface area contributed by atoms with Crippen LogP contribution >= 0.6 is 15.9 Å². The topological polar surface area (TPSA) is 72.0 Å². The number of ether oxygens (including phenoxy) is 2. The van der Waals surface area contributed by atoms with Crippen LogP contribution in [-0.4, -0.2) is 25.5 Å². The van der Waals surface area contributed by atoms with Crippen molar-refractivity contribution in [3.63, 3.8) is 0 Å². The van der Waals surface area contributed by atoms with E-state index in [4.69, 9.17) is 9.47 Å². The van der Waals surface area contributed by atoms with Gasteiger partial charge in [0.25, 0.3) is 0 Å². The van der Waals surface area contributed by atoms with Gasteiger partial charge in [-0.2, -0.15) is 5.10 Å². The average molecular weight is 406 g/mol. The maximum absolute atomic E-state index is 11.8. The van der Waals surface area contributed by atoms with E-state index in [0.717, 1.165) is 10.0 Å². The second-order valence-corrected chi connectivity index (χ2v) is 5.74. The molecule has 0 aliphatic carbocycles. The zero-order valence-electron chi connectivity index (χ0n) is 14.1. The highest BCUT2D eigenvalue weighted by Gasteiger charge is 2.11. The van der Waals surface area contributed by atoms with Gasteiger partial charge in [-0.05, 0) is 59.6 Å².